The number of aromatic nitrogens is 2. The Hall–Kier alpha value is -6.40. The molecule has 1 aromatic heterocycles. The van der Waals surface area contributed by atoms with E-state index in [1.54, 1.807) is 25.4 Å². The number of carbonyl (C=O) groups is 4. The lowest BCUT2D eigenvalue weighted by Gasteiger charge is -2.27. The van der Waals surface area contributed by atoms with Crippen LogP contribution < -0.4 is 21.1 Å². The second-order valence-electron chi connectivity index (χ2n) is 19.6. The van der Waals surface area contributed by atoms with Crippen molar-refractivity contribution >= 4 is 51.6 Å². The number of ether oxygens (including phenoxy) is 12. The molecule has 0 bridgehead atoms. The molecule has 1 atom stereocenters. The van der Waals surface area contributed by atoms with Gasteiger partial charge in [-0.05, 0) is 50.3 Å². The molecule has 1 aliphatic heterocycles. The maximum atomic E-state index is 14.0. The Morgan fingerprint density at radius 3 is 1.64 bits per heavy atom. The highest BCUT2D eigenvalue weighted by Crippen LogP contribution is 2.34. The maximum absolute atomic E-state index is 14.0. The highest BCUT2D eigenvalue weighted by atomic mass is 32.2. The molecule has 5 N–H and O–H groups in total. The van der Waals surface area contributed by atoms with Gasteiger partial charge in [0, 0.05) is 48.5 Å². The molecule has 1 saturated carbocycles. The number of aliphatic imine (C=N–C) groups is 1. The molecule has 1 fully saturated rings. The number of nitrogens with one attached hydrogen (secondary N) is 2. The summed E-state index contributed by atoms with van der Waals surface area (Å²) in [7, 11) is -5.65. The monoisotopic (exact) mass is 1290 g/mol. The fourth-order valence-corrected chi connectivity index (χ4v) is 8.38. The molecule has 89 heavy (non-hydrogen) atoms. The molecule has 2 aliphatic rings. The first kappa shape index (κ1) is 73.3. The third-order valence-electron chi connectivity index (χ3n) is 12.5. The molecule has 32 heteroatoms. The zero-order valence-electron chi connectivity index (χ0n) is 49.8. The van der Waals surface area contributed by atoms with Crippen molar-refractivity contribution in [1.82, 2.24) is 25.7 Å². The number of esters is 1. The van der Waals surface area contributed by atoms with Crippen LogP contribution in [0.3, 0.4) is 0 Å². The Morgan fingerprint density at radius 1 is 0.697 bits per heavy atom. The summed E-state index contributed by atoms with van der Waals surface area (Å²) in [5.74, 6) is -12.6. The minimum atomic E-state index is -5.65. The molecule has 2 aromatic carbocycles. The topological polar surface area (TPSA) is 334 Å². The summed E-state index contributed by atoms with van der Waals surface area (Å²) < 4.78 is 150. The number of carbonyl (C=O) groups excluding carboxylic acids is 4. The first-order valence-corrected chi connectivity index (χ1v) is 30.4. The van der Waals surface area contributed by atoms with Crippen LogP contribution in [-0.4, -0.2) is 215 Å². The number of hydrogen-bond acceptors (Lipinski definition) is 23. The Bertz CT molecular complexity index is 2830. The highest BCUT2D eigenvalue weighted by Gasteiger charge is 2.34. The second-order valence-corrected chi connectivity index (χ2v) is 20.9. The highest BCUT2D eigenvalue weighted by molar-refractivity contribution is 7.85. The Morgan fingerprint density at radius 2 is 1.18 bits per heavy atom. The van der Waals surface area contributed by atoms with Crippen LogP contribution in [0.2, 0.25) is 0 Å². The number of hydrogen-bond donors (Lipinski definition) is 4. The number of rotatable bonds is 46. The SMILES string of the molecule is CCCN(OCC(C)NC(=O)OC1CCC1)C(=O)C1=Cc2ccc(-c3cnc(CNC(=O)CCOCCOCCOCCOCCOCCOCCOCCOCCOCCOCCC(=O)Oc4c(F)c(F)c(S(=O)(=O)O)c(F)c4F)nc3)cc2N=C(N)C1. The van der Waals surface area contributed by atoms with Gasteiger partial charge in [-0.1, -0.05) is 19.1 Å². The molecular weight excluding hydrogens is 1210 g/mol. The summed E-state index contributed by atoms with van der Waals surface area (Å²) in [6.45, 7) is 9.80. The molecule has 27 nitrogen and oxygen atoms in total. The van der Waals surface area contributed by atoms with Crippen molar-refractivity contribution in [1.29, 1.82) is 0 Å². The van der Waals surface area contributed by atoms with Crippen molar-refractivity contribution < 1.29 is 111 Å². The van der Waals surface area contributed by atoms with Gasteiger partial charge in [0.2, 0.25) is 23.3 Å². The minimum absolute atomic E-state index is 0.0123. The predicted molar refractivity (Wildman–Crippen MR) is 307 cm³/mol. The van der Waals surface area contributed by atoms with Crippen LogP contribution in [0.4, 0.5) is 28.0 Å². The second kappa shape index (κ2) is 41.1. The number of alkyl carbamates (subject to hydrolysis) is 1. The van der Waals surface area contributed by atoms with Gasteiger partial charge < -0.3 is 73.2 Å². The van der Waals surface area contributed by atoms with E-state index >= 15 is 0 Å². The van der Waals surface area contributed by atoms with Gasteiger partial charge in [-0.25, -0.2) is 33.6 Å². The third-order valence-corrected chi connectivity index (χ3v) is 13.4. The predicted octanol–water partition coefficient (Wildman–Crippen LogP) is 4.73. The summed E-state index contributed by atoms with van der Waals surface area (Å²) in [5.41, 5.74) is 9.49. The number of benzene rings is 2. The van der Waals surface area contributed by atoms with E-state index in [-0.39, 0.29) is 89.4 Å². The van der Waals surface area contributed by atoms with Crippen LogP contribution >= 0.6 is 0 Å². The summed E-state index contributed by atoms with van der Waals surface area (Å²) in [4.78, 5) is 67.3. The lowest BCUT2D eigenvalue weighted by molar-refractivity contribution is -0.184. The first-order valence-electron chi connectivity index (χ1n) is 28.9. The number of halogens is 4. The number of nitrogens with two attached hydrogens (primary N) is 1. The van der Waals surface area contributed by atoms with Crippen LogP contribution in [0.1, 0.15) is 70.2 Å². The molecule has 3 amide bonds. The van der Waals surface area contributed by atoms with Gasteiger partial charge in [0.1, 0.15) is 17.8 Å². The van der Waals surface area contributed by atoms with Gasteiger partial charge in [0.25, 0.3) is 5.91 Å². The summed E-state index contributed by atoms with van der Waals surface area (Å²) in [6.07, 6.45) is 7.63. The Kier molecular flexibility index (Phi) is 33.8. The molecule has 0 radical (unpaired) electrons. The normalized spacial score (nSPS) is 13.6. The minimum Gasteiger partial charge on any atom is -0.446 e. The zero-order chi connectivity index (χ0) is 64.2. The molecular formula is C57H79F4N7O20S. The lowest BCUT2D eigenvalue weighted by atomic mass is 9.96. The van der Waals surface area contributed by atoms with E-state index in [4.69, 9.17) is 67.2 Å². The van der Waals surface area contributed by atoms with Gasteiger partial charge in [0.05, 0.1) is 163 Å². The average Bonchev–Trinajstić information content (AvgIpc) is 0.927. The van der Waals surface area contributed by atoms with Crippen LogP contribution in [0.5, 0.6) is 5.75 Å². The van der Waals surface area contributed by atoms with Crippen LogP contribution in [0.15, 0.2) is 46.1 Å². The Labute approximate surface area is 513 Å². The van der Waals surface area contributed by atoms with E-state index < -0.39 is 68.6 Å². The van der Waals surface area contributed by atoms with E-state index in [9.17, 15) is 45.2 Å². The molecule has 0 spiro atoms. The standard InChI is InChI=1S/C57H79F4N7O20S/c1-3-11-68(86-38-39(2)66-57(72)87-44-5-4-6-44)56(71)42-32-41-8-7-40(33-45(41)67-46(62)34-42)43-35-63-47(64-36-43)37-65-48(69)9-12-76-14-16-78-18-20-80-22-24-82-26-28-84-30-31-85-29-27-83-25-23-81-21-19-79-17-15-77-13-10-49(70)88-54-50(58)52(60)55(89(73,74)75)53(61)51(54)59/h7-8,32-33,35-36,39,44H,3-6,9-31,34,37-38H2,1-2H3,(H2,62,67)(H,65,69)(H,66,72)(H,73,74,75). The van der Waals surface area contributed by atoms with Crippen molar-refractivity contribution in [3.05, 3.63) is 70.8 Å². The number of amides is 3. The van der Waals surface area contributed by atoms with Crippen LogP contribution in [-0.2, 0) is 88.0 Å². The van der Waals surface area contributed by atoms with Crippen LogP contribution in [0, 0.1) is 23.3 Å². The first-order chi connectivity index (χ1) is 42.9. The van der Waals surface area contributed by atoms with Crippen molar-refractivity contribution in [3.8, 4) is 16.9 Å². The summed E-state index contributed by atoms with van der Waals surface area (Å²) in [5, 5.41) is 6.85. The summed E-state index contributed by atoms with van der Waals surface area (Å²) in [6, 6.07) is 5.17. The van der Waals surface area contributed by atoms with Gasteiger partial charge >= 0.3 is 22.2 Å². The van der Waals surface area contributed by atoms with Crippen molar-refractivity contribution in [3.63, 3.8) is 0 Å². The van der Waals surface area contributed by atoms with Gasteiger partial charge in [-0.15, -0.1) is 0 Å². The molecule has 5 rings (SSSR count). The van der Waals surface area contributed by atoms with E-state index in [2.05, 4.69) is 30.3 Å². The van der Waals surface area contributed by atoms with E-state index in [1.165, 1.54) is 5.06 Å². The smallest absolute Gasteiger partial charge is 0.407 e. The number of amidine groups is 1. The van der Waals surface area contributed by atoms with E-state index in [1.807, 2.05) is 25.1 Å². The summed E-state index contributed by atoms with van der Waals surface area (Å²) >= 11 is 0. The molecule has 1 aliphatic carbocycles. The number of nitrogens with zero attached hydrogens (tertiary/aromatic N) is 4. The van der Waals surface area contributed by atoms with Gasteiger partial charge in [0.15, 0.2) is 16.5 Å². The fourth-order valence-electron chi connectivity index (χ4n) is 7.75. The largest absolute Gasteiger partial charge is 0.446 e. The number of hydroxylamine groups is 2. The zero-order valence-corrected chi connectivity index (χ0v) is 50.6. The van der Waals surface area contributed by atoms with Crippen LogP contribution in [0.25, 0.3) is 17.2 Å². The van der Waals surface area contributed by atoms with Crippen molar-refractivity contribution in [2.45, 2.75) is 82.4 Å². The number of fused-ring (bicyclic) bond motifs is 1. The Balaban J connectivity index is 0.761. The molecule has 496 valence electrons. The average molecular weight is 1290 g/mol. The molecule has 1 unspecified atom stereocenters. The molecule has 3 aromatic rings. The fraction of sp³-hybridized carbons (Fsp3) is 0.596. The third kappa shape index (κ3) is 27.7. The van der Waals surface area contributed by atoms with Gasteiger partial charge in [-0.2, -0.15) is 17.2 Å². The maximum Gasteiger partial charge on any atom is 0.407 e. The van der Waals surface area contributed by atoms with Crippen molar-refractivity contribution in [2.24, 2.45) is 10.7 Å². The quantitative estimate of drug-likeness (QED) is 0.0113. The van der Waals surface area contributed by atoms with E-state index in [0.29, 0.717) is 134 Å². The van der Waals surface area contributed by atoms with E-state index in [0.717, 1.165) is 24.8 Å². The van der Waals surface area contributed by atoms with Crippen molar-refractivity contribution in [2.75, 3.05) is 145 Å². The van der Waals surface area contributed by atoms with Gasteiger partial charge in [-0.3, -0.25) is 23.8 Å². The molecule has 0 saturated heterocycles. The molecule has 2 heterocycles. The lowest BCUT2D eigenvalue weighted by Crippen LogP contribution is -2.42.